The van der Waals surface area contributed by atoms with Crippen LogP contribution in [0.25, 0.3) is 0 Å². The molecule has 2 atom stereocenters. The maximum absolute atomic E-state index is 12.7. The second-order valence-electron chi connectivity index (χ2n) is 6.09. The number of fused-ring (bicyclic) bond motifs is 1. The quantitative estimate of drug-likeness (QED) is 0.188. The molecule has 2 aromatic heterocycles. The molecule has 5 N–H and O–H groups in total. The molecule has 13 nitrogen and oxygen atoms in total. The Balaban J connectivity index is 1.52. The molecule has 4 heterocycles. The molecule has 0 bridgehead atoms. The zero-order valence-corrected chi connectivity index (χ0v) is 17.2. The second kappa shape index (κ2) is 7.96. The van der Waals surface area contributed by atoms with E-state index in [0.29, 0.717) is 22.8 Å². The van der Waals surface area contributed by atoms with E-state index in [2.05, 4.69) is 29.4 Å². The highest BCUT2D eigenvalue weighted by atomic mass is 32.2. The van der Waals surface area contributed by atoms with Crippen molar-refractivity contribution in [3.63, 3.8) is 0 Å². The highest BCUT2D eigenvalue weighted by molar-refractivity contribution is 8.03. The highest BCUT2D eigenvalue weighted by Crippen LogP contribution is 2.42. The first kappa shape index (κ1) is 20.2. The number of carbonyl (C=O) groups is 3. The fourth-order valence-corrected chi connectivity index (χ4v) is 5.15. The van der Waals surface area contributed by atoms with Gasteiger partial charge in [-0.25, -0.2) is 4.79 Å². The zero-order chi connectivity index (χ0) is 21.4. The molecule has 2 aromatic rings. The number of thioether (sulfide) groups is 1. The number of rotatable bonds is 6. The monoisotopic (exact) mass is 468 g/mol. The van der Waals surface area contributed by atoms with Gasteiger partial charge in [-0.05, 0) is 24.4 Å². The summed E-state index contributed by atoms with van der Waals surface area (Å²) in [6.45, 7) is 0. The van der Waals surface area contributed by atoms with Crippen molar-refractivity contribution in [1.29, 1.82) is 0 Å². The molecule has 2 aliphatic heterocycles. The van der Waals surface area contributed by atoms with Crippen LogP contribution in [0, 0.1) is 0 Å². The van der Waals surface area contributed by atoms with Crippen molar-refractivity contribution in [3.8, 4) is 0 Å². The SMILES string of the molecule is Nc1nc(/C(=N/O)C(=O)NC2C(=O)N3C(C(=O)O)=C(Sc4csnn4)CCC23)ns1. The lowest BCUT2D eigenvalue weighted by atomic mass is 9.86. The van der Waals surface area contributed by atoms with Gasteiger partial charge in [-0.15, -0.1) is 5.10 Å². The van der Waals surface area contributed by atoms with E-state index in [4.69, 9.17) is 10.9 Å². The summed E-state index contributed by atoms with van der Waals surface area (Å²) in [4.78, 5) is 42.4. The van der Waals surface area contributed by atoms with E-state index < -0.39 is 35.6 Å². The van der Waals surface area contributed by atoms with Gasteiger partial charge in [0.25, 0.3) is 11.8 Å². The summed E-state index contributed by atoms with van der Waals surface area (Å²) in [7, 11) is 0. The van der Waals surface area contributed by atoms with Crippen LogP contribution in [0.4, 0.5) is 5.13 Å². The predicted molar refractivity (Wildman–Crippen MR) is 105 cm³/mol. The van der Waals surface area contributed by atoms with Crippen LogP contribution in [0.3, 0.4) is 0 Å². The summed E-state index contributed by atoms with van der Waals surface area (Å²) in [5.41, 5.74) is 4.84. The number of nitrogens with two attached hydrogens (primary N) is 1. The van der Waals surface area contributed by atoms with Crippen LogP contribution >= 0.6 is 34.8 Å². The minimum Gasteiger partial charge on any atom is -0.477 e. The number of nitrogen functional groups attached to an aromatic ring is 1. The van der Waals surface area contributed by atoms with E-state index in [9.17, 15) is 19.5 Å². The molecule has 156 valence electrons. The third kappa shape index (κ3) is 3.48. The number of nitrogens with one attached hydrogen (secondary N) is 1. The van der Waals surface area contributed by atoms with Gasteiger partial charge < -0.3 is 21.4 Å². The first-order valence-corrected chi connectivity index (χ1v) is 10.7. The van der Waals surface area contributed by atoms with Crippen LogP contribution in [0.5, 0.6) is 0 Å². The van der Waals surface area contributed by atoms with Crippen molar-refractivity contribution in [1.82, 2.24) is 29.2 Å². The standard InChI is InChI=1S/C14H12N8O5S3/c15-14-17-10(20-30-14)8(19-27)11(23)16-7-4-1-2-5(29-6-3-28-21-18-6)9(13(25)26)22(4)12(7)24/h3-4,7,27H,1-2H2,(H,16,23)(H,25,26)(H2,15,17,20)/b19-8-. The maximum atomic E-state index is 12.7. The molecule has 1 saturated heterocycles. The van der Waals surface area contributed by atoms with E-state index in [1.807, 2.05) is 0 Å². The summed E-state index contributed by atoms with van der Waals surface area (Å²) >= 11 is 3.10. The Hall–Kier alpha value is -3.11. The van der Waals surface area contributed by atoms with Crippen LogP contribution in [-0.4, -0.2) is 69.7 Å². The Bertz CT molecular complexity index is 1080. The molecule has 0 aliphatic carbocycles. The summed E-state index contributed by atoms with van der Waals surface area (Å²) in [6.07, 6.45) is 0.816. The lowest BCUT2D eigenvalue weighted by Gasteiger charge is -2.49. The lowest BCUT2D eigenvalue weighted by molar-refractivity contribution is -0.155. The van der Waals surface area contributed by atoms with Crippen molar-refractivity contribution in [3.05, 3.63) is 21.8 Å². The minimum absolute atomic E-state index is 0.0775. The first-order chi connectivity index (χ1) is 14.4. The maximum Gasteiger partial charge on any atom is 0.353 e. The van der Waals surface area contributed by atoms with E-state index in [-0.39, 0.29) is 16.7 Å². The Labute approximate surface area is 180 Å². The van der Waals surface area contributed by atoms with Gasteiger partial charge in [0, 0.05) is 21.8 Å². The molecule has 30 heavy (non-hydrogen) atoms. The number of hydrogen-bond acceptors (Lipinski definition) is 13. The number of carboxylic acids is 1. The van der Waals surface area contributed by atoms with Gasteiger partial charge in [0.15, 0.2) is 5.13 Å². The van der Waals surface area contributed by atoms with Crippen LogP contribution in [0.15, 0.2) is 26.2 Å². The fourth-order valence-electron chi connectivity index (χ4n) is 3.19. The molecule has 4 rings (SSSR count). The van der Waals surface area contributed by atoms with Gasteiger partial charge in [0.2, 0.25) is 11.5 Å². The van der Waals surface area contributed by atoms with Gasteiger partial charge in [-0.2, -0.15) is 9.36 Å². The number of anilines is 1. The number of aromatic nitrogens is 4. The van der Waals surface area contributed by atoms with Crippen molar-refractivity contribution in [2.45, 2.75) is 30.0 Å². The average Bonchev–Trinajstić information content (AvgIpc) is 3.38. The summed E-state index contributed by atoms with van der Waals surface area (Å²) in [6, 6.07) is -1.51. The lowest BCUT2D eigenvalue weighted by Crippen LogP contribution is -2.72. The van der Waals surface area contributed by atoms with Crippen LogP contribution in [0.1, 0.15) is 18.7 Å². The smallest absolute Gasteiger partial charge is 0.353 e. The minimum atomic E-state index is -1.25. The molecular formula is C14H12N8O5S3. The van der Waals surface area contributed by atoms with Gasteiger partial charge in [0.1, 0.15) is 16.8 Å². The highest BCUT2D eigenvalue weighted by Gasteiger charge is 2.54. The number of amides is 2. The number of β-lactam (4-membered cyclic amide) rings is 1. The molecule has 16 heteroatoms. The molecule has 0 radical (unpaired) electrons. The third-order valence-corrected chi connectivity index (χ3v) is 6.67. The third-order valence-electron chi connectivity index (χ3n) is 4.42. The van der Waals surface area contributed by atoms with Crippen molar-refractivity contribution in [2.75, 3.05) is 5.73 Å². The Kier molecular flexibility index (Phi) is 5.35. The Morgan fingerprint density at radius 3 is 2.83 bits per heavy atom. The molecule has 2 aliphatic rings. The van der Waals surface area contributed by atoms with E-state index in [1.54, 1.807) is 5.38 Å². The predicted octanol–water partition coefficient (Wildman–Crippen LogP) is -0.272. The topological polar surface area (TPSA) is 197 Å². The van der Waals surface area contributed by atoms with Gasteiger partial charge in [-0.1, -0.05) is 21.4 Å². The van der Waals surface area contributed by atoms with E-state index >= 15 is 0 Å². The average molecular weight is 469 g/mol. The van der Waals surface area contributed by atoms with Crippen molar-refractivity contribution >= 4 is 63.5 Å². The van der Waals surface area contributed by atoms with E-state index in [0.717, 1.165) is 39.7 Å². The number of carboxylic acid groups (broad SMARTS) is 1. The number of nitrogens with zero attached hydrogens (tertiary/aromatic N) is 6. The van der Waals surface area contributed by atoms with Gasteiger partial charge >= 0.3 is 5.97 Å². The zero-order valence-electron chi connectivity index (χ0n) is 14.8. The molecule has 0 saturated carbocycles. The Morgan fingerprint density at radius 2 is 2.23 bits per heavy atom. The molecule has 0 aromatic carbocycles. The van der Waals surface area contributed by atoms with Crippen LogP contribution < -0.4 is 11.1 Å². The van der Waals surface area contributed by atoms with E-state index in [1.165, 1.54) is 0 Å². The van der Waals surface area contributed by atoms with Crippen LogP contribution in [0.2, 0.25) is 0 Å². The molecule has 2 amide bonds. The van der Waals surface area contributed by atoms with Gasteiger partial charge in [0.05, 0.1) is 6.04 Å². The fraction of sp³-hybridized carbons (Fsp3) is 0.286. The Morgan fingerprint density at radius 1 is 1.43 bits per heavy atom. The number of carbonyl (C=O) groups excluding carboxylic acids is 2. The number of hydrogen-bond donors (Lipinski definition) is 4. The summed E-state index contributed by atoms with van der Waals surface area (Å²) in [5.74, 6) is -2.87. The first-order valence-electron chi connectivity index (χ1n) is 8.27. The number of aliphatic carboxylic acids is 1. The molecular weight excluding hydrogens is 456 g/mol. The largest absolute Gasteiger partial charge is 0.477 e. The van der Waals surface area contributed by atoms with Gasteiger partial charge in [-0.3, -0.25) is 14.5 Å². The molecule has 2 unspecified atom stereocenters. The molecule has 0 spiro atoms. The van der Waals surface area contributed by atoms with Crippen molar-refractivity contribution < 1.29 is 24.7 Å². The number of allylic oxidation sites excluding steroid dienone is 1. The second-order valence-corrected chi connectivity index (χ2v) is 8.60. The van der Waals surface area contributed by atoms with Crippen LogP contribution in [-0.2, 0) is 14.4 Å². The summed E-state index contributed by atoms with van der Waals surface area (Å²) in [5, 5.41) is 30.4. The number of oxime groups is 1. The normalized spacial score (nSPS) is 21.3. The molecule has 1 fully saturated rings. The summed E-state index contributed by atoms with van der Waals surface area (Å²) < 4.78 is 7.54. The van der Waals surface area contributed by atoms with Crippen molar-refractivity contribution in [2.24, 2.45) is 5.16 Å².